The summed E-state index contributed by atoms with van der Waals surface area (Å²) < 4.78 is 5.66. The van der Waals surface area contributed by atoms with Gasteiger partial charge in [0.25, 0.3) is 0 Å². The highest BCUT2D eigenvalue weighted by atomic mass is 16.6. The van der Waals surface area contributed by atoms with Crippen molar-refractivity contribution in [3.63, 3.8) is 0 Å². The van der Waals surface area contributed by atoms with Gasteiger partial charge in [0.05, 0.1) is 12.6 Å². The molecule has 2 aliphatic carbocycles. The molecule has 3 aromatic rings. The Morgan fingerprint density at radius 3 is 2.15 bits per heavy atom. The van der Waals surface area contributed by atoms with Crippen molar-refractivity contribution in [1.82, 2.24) is 10.2 Å². The third-order valence-electron chi connectivity index (χ3n) is 8.26. The number of rotatable bonds is 9. The molecule has 3 aromatic carbocycles. The van der Waals surface area contributed by atoms with E-state index in [0.29, 0.717) is 12.3 Å². The van der Waals surface area contributed by atoms with Gasteiger partial charge in [-0.25, -0.2) is 4.79 Å². The summed E-state index contributed by atoms with van der Waals surface area (Å²) in [5.74, 6) is 0.564. The van der Waals surface area contributed by atoms with Gasteiger partial charge in [-0.15, -0.1) is 0 Å². The molecule has 0 radical (unpaired) electrons. The van der Waals surface area contributed by atoms with Gasteiger partial charge in [0.15, 0.2) is 0 Å². The zero-order valence-corrected chi connectivity index (χ0v) is 22.4. The number of nitrogens with one attached hydrogen (secondary N) is 1. The number of hydrogen-bond acceptors (Lipinski definition) is 4. The van der Waals surface area contributed by atoms with Gasteiger partial charge in [0.1, 0.15) is 5.75 Å². The van der Waals surface area contributed by atoms with Crippen molar-refractivity contribution in [3.8, 4) is 5.75 Å². The van der Waals surface area contributed by atoms with Gasteiger partial charge in [0.2, 0.25) is 5.91 Å². The number of amides is 2. The topological polar surface area (TPSA) is 78.9 Å². The zero-order chi connectivity index (χ0) is 27.0. The molecule has 0 aliphatic heterocycles. The minimum absolute atomic E-state index is 0.00601. The highest BCUT2D eigenvalue weighted by molar-refractivity contribution is 5.80. The molecule has 0 saturated heterocycles. The molecule has 2 amide bonds. The number of benzene rings is 3. The molecule has 0 heterocycles. The standard InChI is InChI=1S/C33H38N2O4/c36-23-31(26-10-3-1-4-11-26)34-32(37)30-17-8-7-16-29(30)25-20-18-24(19-21-25)22-35(27-12-9-13-27)33(38)39-28-14-5-2-6-15-28/h1-6,10-11,14-15,18-21,27,29-31,36H,7-9,12-13,16-17,22-23H2,(H,34,37). The van der Waals surface area contributed by atoms with Crippen LogP contribution in [-0.2, 0) is 11.3 Å². The fourth-order valence-corrected chi connectivity index (χ4v) is 5.80. The molecule has 2 aliphatic rings. The van der Waals surface area contributed by atoms with Crippen LogP contribution in [0.5, 0.6) is 5.75 Å². The fourth-order valence-electron chi connectivity index (χ4n) is 5.80. The van der Waals surface area contributed by atoms with Crippen molar-refractivity contribution in [2.75, 3.05) is 6.61 Å². The average Bonchev–Trinajstić information content (AvgIpc) is 2.96. The maximum atomic E-state index is 13.4. The third kappa shape index (κ3) is 6.69. The Bertz CT molecular complexity index is 1210. The van der Waals surface area contributed by atoms with Crippen LogP contribution in [0.4, 0.5) is 4.79 Å². The molecule has 0 spiro atoms. The van der Waals surface area contributed by atoms with Crippen LogP contribution >= 0.6 is 0 Å². The minimum Gasteiger partial charge on any atom is -0.410 e. The molecular weight excluding hydrogens is 488 g/mol. The maximum absolute atomic E-state index is 13.4. The van der Waals surface area contributed by atoms with Crippen molar-refractivity contribution in [2.45, 2.75) is 69.5 Å². The smallest absolute Gasteiger partial charge is 0.410 e. The van der Waals surface area contributed by atoms with E-state index in [2.05, 4.69) is 29.6 Å². The van der Waals surface area contributed by atoms with Gasteiger partial charge in [-0.3, -0.25) is 4.79 Å². The number of ether oxygens (including phenoxy) is 1. The fraction of sp³-hybridized carbons (Fsp3) is 0.394. The number of aliphatic hydroxyl groups excluding tert-OH is 1. The van der Waals surface area contributed by atoms with Crippen LogP contribution in [0.1, 0.15) is 73.6 Å². The number of carbonyl (C=O) groups excluding carboxylic acids is 2. The number of hydrogen-bond donors (Lipinski definition) is 2. The van der Waals surface area contributed by atoms with E-state index in [9.17, 15) is 14.7 Å². The lowest BCUT2D eigenvalue weighted by Crippen LogP contribution is -2.45. The molecule has 3 atom stereocenters. The van der Waals surface area contributed by atoms with E-state index >= 15 is 0 Å². The van der Waals surface area contributed by atoms with E-state index < -0.39 is 6.04 Å². The molecule has 2 N–H and O–H groups in total. The molecular formula is C33H38N2O4. The summed E-state index contributed by atoms with van der Waals surface area (Å²) in [5.41, 5.74) is 3.12. The Balaban J connectivity index is 1.26. The summed E-state index contributed by atoms with van der Waals surface area (Å²) in [6, 6.07) is 27.0. The normalized spacial score (nSPS) is 19.9. The molecule has 0 bridgehead atoms. The van der Waals surface area contributed by atoms with E-state index in [1.54, 1.807) is 12.1 Å². The van der Waals surface area contributed by atoms with Crippen molar-refractivity contribution in [3.05, 3.63) is 102 Å². The monoisotopic (exact) mass is 526 g/mol. The van der Waals surface area contributed by atoms with Crippen molar-refractivity contribution in [1.29, 1.82) is 0 Å². The Hall–Kier alpha value is -3.64. The molecule has 5 rings (SSSR count). The van der Waals surface area contributed by atoms with Gasteiger partial charge in [0, 0.05) is 18.5 Å². The lowest BCUT2D eigenvalue weighted by Gasteiger charge is -2.37. The first-order valence-electron chi connectivity index (χ1n) is 14.2. The van der Waals surface area contributed by atoms with Crippen molar-refractivity contribution in [2.24, 2.45) is 5.92 Å². The first kappa shape index (κ1) is 26.9. The van der Waals surface area contributed by atoms with Gasteiger partial charge >= 0.3 is 6.09 Å². The SMILES string of the molecule is O=C(NC(CO)c1ccccc1)C1CCCCC1c1ccc(CN(C(=O)Oc2ccccc2)C2CCC2)cc1. The number of nitrogens with zero attached hydrogens (tertiary/aromatic N) is 1. The second-order valence-electron chi connectivity index (χ2n) is 10.8. The quantitative estimate of drug-likeness (QED) is 0.340. The lowest BCUT2D eigenvalue weighted by atomic mass is 9.74. The zero-order valence-electron chi connectivity index (χ0n) is 22.4. The van der Waals surface area contributed by atoms with Crippen LogP contribution < -0.4 is 10.1 Å². The predicted octanol–water partition coefficient (Wildman–Crippen LogP) is 6.36. The lowest BCUT2D eigenvalue weighted by molar-refractivity contribution is -0.127. The molecule has 2 fully saturated rings. The second-order valence-corrected chi connectivity index (χ2v) is 10.8. The summed E-state index contributed by atoms with van der Waals surface area (Å²) in [6.07, 6.45) is 6.75. The van der Waals surface area contributed by atoms with Crippen LogP contribution in [-0.4, -0.2) is 34.7 Å². The Morgan fingerprint density at radius 1 is 0.846 bits per heavy atom. The van der Waals surface area contributed by atoms with Crippen LogP contribution in [0.3, 0.4) is 0 Å². The Morgan fingerprint density at radius 2 is 1.51 bits per heavy atom. The summed E-state index contributed by atoms with van der Waals surface area (Å²) in [5, 5.41) is 13.0. The van der Waals surface area contributed by atoms with Crippen LogP contribution in [0.2, 0.25) is 0 Å². The summed E-state index contributed by atoms with van der Waals surface area (Å²) in [4.78, 5) is 28.3. The Labute approximate surface area is 231 Å². The number of aliphatic hydroxyl groups is 1. The van der Waals surface area contributed by atoms with E-state index in [1.165, 1.54) is 0 Å². The molecule has 6 nitrogen and oxygen atoms in total. The summed E-state index contributed by atoms with van der Waals surface area (Å²) >= 11 is 0. The minimum atomic E-state index is -0.406. The molecule has 2 saturated carbocycles. The molecule has 204 valence electrons. The first-order valence-corrected chi connectivity index (χ1v) is 14.2. The molecule has 0 aromatic heterocycles. The van der Waals surface area contributed by atoms with E-state index in [4.69, 9.17) is 4.74 Å². The van der Waals surface area contributed by atoms with Crippen LogP contribution in [0.25, 0.3) is 0 Å². The highest BCUT2D eigenvalue weighted by Crippen LogP contribution is 2.38. The van der Waals surface area contributed by atoms with Gasteiger partial charge in [-0.2, -0.15) is 0 Å². The second kappa shape index (κ2) is 12.9. The molecule has 3 unspecified atom stereocenters. The van der Waals surface area contributed by atoms with Crippen molar-refractivity contribution >= 4 is 12.0 Å². The van der Waals surface area contributed by atoms with E-state index in [1.807, 2.05) is 53.4 Å². The predicted molar refractivity (Wildman–Crippen MR) is 151 cm³/mol. The van der Waals surface area contributed by atoms with Crippen LogP contribution in [0, 0.1) is 5.92 Å². The average molecular weight is 527 g/mol. The van der Waals surface area contributed by atoms with Gasteiger partial charge < -0.3 is 20.1 Å². The van der Waals surface area contributed by atoms with Gasteiger partial charge in [-0.05, 0) is 66.8 Å². The maximum Gasteiger partial charge on any atom is 0.415 e. The first-order chi connectivity index (χ1) is 19.1. The molecule has 6 heteroatoms. The number of carbonyl (C=O) groups is 2. The third-order valence-corrected chi connectivity index (χ3v) is 8.26. The van der Waals surface area contributed by atoms with Crippen LogP contribution in [0.15, 0.2) is 84.9 Å². The largest absolute Gasteiger partial charge is 0.415 e. The summed E-state index contributed by atoms with van der Waals surface area (Å²) in [7, 11) is 0. The van der Waals surface area contributed by atoms with E-state index in [-0.39, 0.29) is 36.5 Å². The van der Waals surface area contributed by atoms with E-state index in [0.717, 1.165) is 61.6 Å². The highest BCUT2D eigenvalue weighted by Gasteiger charge is 2.34. The number of para-hydroxylation sites is 1. The molecule has 39 heavy (non-hydrogen) atoms. The van der Waals surface area contributed by atoms with Crippen molar-refractivity contribution < 1.29 is 19.4 Å². The summed E-state index contributed by atoms with van der Waals surface area (Å²) in [6.45, 7) is 0.368. The Kier molecular flexibility index (Phi) is 8.94. The van der Waals surface area contributed by atoms with Gasteiger partial charge in [-0.1, -0.05) is 85.6 Å².